The largest absolute Gasteiger partial charge is 0.364 e. The van der Waals surface area contributed by atoms with Gasteiger partial charge in [0.2, 0.25) is 0 Å². The molecule has 118 valence electrons. The van der Waals surface area contributed by atoms with Gasteiger partial charge >= 0.3 is 0 Å². The number of nitrogens with two attached hydrogens (primary N) is 1. The van der Waals surface area contributed by atoms with Crippen LogP contribution < -0.4 is 5.73 Å². The Hall–Kier alpha value is -2.67. The van der Waals surface area contributed by atoms with E-state index in [1.165, 1.54) is 0 Å². The van der Waals surface area contributed by atoms with E-state index in [0.717, 1.165) is 55.3 Å². The van der Waals surface area contributed by atoms with Crippen LogP contribution in [0.4, 0.5) is 0 Å². The lowest BCUT2D eigenvalue weighted by Gasteiger charge is -2.17. The Labute approximate surface area is 133 Å². The Bertz CT molecular complexity index is 806. The molecule has 1 aliphatic rings. The fourth-order valence-electron chi connectivity index (χ4n) is 3.04. The highest BCUT2D eigenvalue weighted by Crippen LogP contribution is 2.14. The normalized spacial score (nSPS) is 15.5. The summed E-state index contributed by atoms with van der Waals surface area (Å²) in [5, 5.41) is 0. The van der Waals surface area contributed by atoms with Gasteiger partial charge in [-0.05, 0) is 12.1 Å². The summed E-state index contributed by atoms with van der Waals surface area (Å²) < 4.78 is 2.03. The van der Waals surface area contributed by atoms with Crippen LogP contribution in [-0.2, 0) is 19.5 Å². The number of carbonyl (C=O) groups is 1. The van der Waals surface area contributed by atoms with Crippen molar-refractivity contribution in [2.75, 3.05) is 13.1 Å². The maximum Gasteiger partial charge on any atom is 0.268 e. The summed E-state index contributed by atoms with van der Waals surface area (Å²) in [4.78, 5) is 25.9. The van der Waals surface area contributed by atoms with Gasteiger partial charge in [0, 0.05) is 32.3 Å². The lowest BCUT2D eigenvalue weighted by atomic mass is 10.3. The average Bonchev–Trinajstić information content (AvgIpc) is 3.09. The summed E-state index contributed by atoms with van der Waals surface area (Å²) in [5.41, 5.74) is 7.71. The molecule has 3 N–H and O–H groups in total. The second-order valence-corrected chi connectivity index (χ2v) is 5.83. The van der Waals surface area contributed by atoms with Gasteiger partial charge in [-0.1, -0.05) is 12.1 Å². The maximum absolute atomic E-state index is 11.2. The number of nitrogens with zero attached hydrogens (tertiary/aromatic N) is 4. The summed E-state index contributed by atoms with van der Waals surface area (Å²) in [6.07, 6.45) is 2.55. The molecule has 0 radical (unpaired) electrons. The minimum Gasteiger partial charge on any atom is -0.364 e. The van der Waals surface area contributed by atoms with Crippen molar-refractivity contribution >= 4 is 16.9 Å². The monoisotopic (exact) mass is 310 g/mol. The topological polar surface area (TPSA) is 92.8 Å². The van der Waals surface area contributed by atoms with Gasteiger partial charge in [0.05, 0.1) is 17.6 Å². The Morgan fingerprint density at radius 2 is 2.09 bits per heavy atom. The number of imidazole rings is 2. The van der Waals surface area contributed by atoms with Crippen molar-refractivity contribution in [2.45, 2.75) is 19.5 Å². The van der Waals surface area contributed by atoms with E-state index in [1.807, 2.05) is 28.8 Å². The van der Waals surface area contributed by atoms with Crippen LogP contribution in [0, 0.1) is 0 Å². The molecule has 7 heteroatoms. The molecule has 2 aromatic heterocycles. The first-order valence-electron chi connectivity index (χ1n) is 7.71. The third-order valence-corrected chi connectivity index (χ3v) is 4.23. The highest BCUT2D eigenvalue weighted by atomic mass is 16.1. The van der Waals surface area contributed by atoms with E-state index < -0.39 is 5.91 Å². The van der Waals surface area contributed by atoms with E-state index in [0.29, 0.717) is 5.69 Å². The molecular weight excluding hydrogens is 292 g/mol. The van der Waals surface area contributed by atoms with Crippen LogP contribution in [0.2, 0.25) is 0 Å². The molecule has 0 fully saturated rings. The molecule has 1 amide bonds. The highest BCUT2D eigenvalue weighted by Gasteiger charge is 2.18. The number of hydrogen-bond acceptors (Lipinski definition) is 4. The number of aromatic nitrogens is 4. The Morgan fingerprint density at radius 1 is 1.22 bits per heavy atom. The van der Waals surface area contributed by atoms with E-state index >= 15 is 0 Å². The Morgan fingerprint density at radius 3 is 2.91 bits per heavy atom. The number of hydrogen-bond donors (Lipinski definition) is 2. The zero-order valence-corrected chi connectivity index (χ0v) is 12.7. The van der Waals surface area contributed by atoms with E-state index in [9.17, 15) is 4.79 Å². The minimum absolute atomic E-state index is 0.353. The number of benzene rings is 1. The van der Waals surface area contributed by atoms with Gasteiger partial charge in [-0.15, -0.1) is 0 Å². The first-order valence-corrected chi connectivity index (χ1v) is 7.71. The molecule has 3 heterocycles. The predicted molar refractivity (Wildman–Crippen MR) is 85.8 cm³/mol. The zero-order valence-electron chi connectivity index (χ0n) is 12.7. The maximum atomic E-state index is 11.2. The van der Waals surface area contributed by atoms with Crippen molar-refractivity contribution in [2.24, 2.45) is 5.73 Å². The van der Waals surface area contributed by atoms with Crippen molar-refractivity contribution in [3.63, 3.8) is 0 Å². The van der Waals surface area contributed by atoms with Crippen molar-refractivity contribution in [3.05, 3.63) is 47.8 Å². The number of aromatic amines is 1. The molecule has 1 aromatic carbocycles. The molecule has 1 aliphatic heterocycles. The van der Waals surface area contributed by atoms with E-state index in [1.54, 1.807) is 6.20 Å². The van der Waals surface area contributed by atoms with Gasteiger partial charge < -0.3 is 15.3 Å². The molecule has 3 aromatic rings. The summed E-state index contributed by atoms with van der Waals surface area (Å²) in [6.45, 7) is 3.35. The van der Waals surface area contributed by atoms with Crippen molar-refractivity contribution < 1.29 is 4.79 Å². The van der Waals surface area contributed by atoms with Gasteiger partial charge in [0.15, 0.2) is 0 Å². The third-order valence-electron chi connectivity index (χ3n) is 4.23. The molecule has 0 saturated carbocycles. The number of nitrogens with one attached hydrogen (secondary N) is 1. The Balaban J connectivity index is 1.47. The molecule has 0 spiro atoms. The number of primary amides is 1. The molecule has 0 saturated heterocycles. The first kappa shape index (κ1) is 14.0. The highest BCUT2D eigenvalue weighted by molar-refractivity contribution is 5.90. The van der Waals surface area contributed by atoms with Crippen LogP contribution in [0.3, 0.4) is 0 Å². The van der Waals surface area contributed by atoms with Gasteiger partial charge in [-0.3, -0.25) is 9.69 Å². The number of carbonyl (C=O) groups excluding carboxylic acids is 1. The molecular formula is C16H18N6O. The standard InChI is InChI=1S/C16H18N6O/c17-16(23)13-9-22-8-7-21(6-5-15(22)20-13)10-14-18-11-3-1-2-4-12(11)19-14/h1-4,9H,5-8,10H2,(H2,17,23)(H,18,19). The predicted octanol–water partition coefficient (Wildman–Crippen LogP) is 0.917. The quantitative estimate of drug-likeness (QED) is 0.752. The number of rotatable bonds is 3. The van der Waals surface area contributed by atoms with E-state index in [-0.39, 0.29) is 0 Å². The van der Waals surface area contributed by atoms with Gasteiger partial charge in [0.25, 0.3) is 5.91 Å². The molecule has 23 heavy (non-hydrogen) atoms. The zero-order chi connectivity index (χ0) is 15.8. The smallest absolute Gasteiger partial charge is 0.268 e. The molecule has 0 aliphatic carbocycles. The van der Waals surface area contributed by atoms with Crippen LogP contribution in [-0.4, -0.2) is 43.4 Å². The molecule has 7 nitrogen and oxygen atoms in total. The lowest BCUT2D eigenvalue weighted by molar-refractivity contribution is 0.0995. The van der Waals surface area contributed by atoms with Crippen LogP contribution in [0.25, 0.3) is 11.0 Å². The Kier molecular flexibility index (Phi) is 3.34. The number of amides is 1. The molecule has 0 atom stereocenters. The van der Waals surface area contributed by atoms with E-state index in [2.05, 4.69) is 19.9 Å². The van der Waals surface area contributed by atoms with Crippen molar-refractivity contribution in [3.8, 4) is 0 Å². The van der Waals surface area contributed by atoms with Crippen molar-refractivity contribution in [1.82, 2.24) is 24.4 Å². The van der Waals surface area contributed by atoms with Crippen LogP contribution in [0.1, 0.15) is 22.1 Å². The number of fused-ring (bicyclic) bond motifs is 2. The fourth-order valence-corrected chi connectivity index (χ4v) is 3.04. The van der Waals surface area contributed by atoms with Crippen molar-refractivity contribution in [1.29, 1.82) is 0 Å². The molecule has 4 rings (SSSR count). The summed E-state index contributed by atoms with van der Waals surface area (Å²) in [5.74, 6) is 1.43. The van der Waals surface area contributed by atoms with E-state index in [4.69, 9.17) is 5.73 Å². The van der Waals surface area contributed by atoms with Crippen LogP contribution in [0.15, 0.2) is 30.5 Å². The lowest BCUT2D eigenvalue weighted by Crippen LogP contribution is -2.27. The fraction of sp³-hybridized carbons (Fsp3) is 0.312. The van der Waals surface area contributed by atoms with Crippen LogP contribution >= 0.6 is 0 Å². The average molecular weight is 310 g/mol. The summed E-state index contributed by atoms with van der Waals surface area (Å²) >= 11 is 0. The number of H-pyrrole nitrogens is 1. The van der Waals surface area contributed by atoms with Gasteiger partial charge in [-0.2, -0.15) is 0 Å². The van der Waals surface area contributed by atoms with Gasteiger partial charge in [-0.25, -0.2) is 9.97 Å². The minimum atomic E-state index is -0.468. The summed E-state index contributed by atoms with van der Waals surface area (Å²) in [6, 6.07) is 8.05. The molecule has 0 bridgehead atoms. The SMILES string of the molecule is NC(=O)c1cn2c(n1)CCN(Cc1nc3ccccc3[nH]1)CC2. The third kappa shape index (κ3) is 2.70. The summed E-state index contributed by atoms with van der Waals surface area (Å²) in [7, 11) is 0. The van der Waals surface area contributed by atoms with Crippen LogP contribution in [0.5, 0.6) is 0 Å². The second kappa shape index (κ2) is 5.51. The number of para-hydroxylation sites is 2. The second-order valence-electron chi connectivity index (χ2n) is 5.83. The van der Waals surface area contributed by atoms with Gasteiger partial charge in [0.1, 0.15) is 17.3 Å². The molecule has 0 unspecified atom stereocenters. The first-order chi connectivity index (χ1) is 11.2.